The number of amides is 1. The highest BCUT2D eigenvalue weighted by Gasteiger charge is 2.36. The van der Waals surface area contributed by atoms with E-state index in [1.807, 2.05) is 11.9 Å². The van der Waals surface area contributed by atoms with E-state index in [0.717, 1.165) is 25.0 Å². The number of likely N-dealkylation sites (tertiary alicyclic amines) is 1. The van der Waals surface area contributed by atoms with E-state index in [1.54, 1.807) is 7.11 Å². The second-order valence-electron chi connectivity index (χ2n) is 11.0. The number of fused-ring (bicyclic) bond motifs is 1. The number of benzene rings is 1. The van der Waals surface area contributed by atoms with Gasteiger partial charge in [0.05, 0.1) is 28.4 Å². The third-order valence-electron chi connectivity index (χ3n) is 8.27. The highest BCUT2D eigenvalue weighted by Crippen LogP contribution is 2.41. The number of piperazine rings is 1. The molecule has 16 heteroatoms. The molecule has 3 aromatic rings. The maximum absolute atomic E-state index is 14.0. The quantitative estimate of drug-likeness (QED) is 0.193. The van der Waals surface area contributed by atoms with E-state index in [2.05, 4.69) is 26.2 Å². The largest absolute Gasteiger partial charge is 0.462 e. The first kappa shape index (κ1) is 33.2. The zero-order valence-corrected chi connectivity index (χ0v) is 26.0. The first-order chi connectivity index (χ1) is 21.9. The van der Waals surface area contributed by atoms with Crippen LogP contribution < -0.4 is 15.4 Å². The zero-order chi connectivity index (χ0) is 33.2. The molecule has 0 spiro atoms. The lowest BCUT2D eigenvalue weighted by Gasteiger charge is -2.35. The monoisotopic (exact) mass is 663 g/mol. The van der Waals surface area contributed by atoms with Crippen molar-refractivity contribution in [1.29, 1.82) is 0 Å². The SMILES string of the molecule is C=C(OC=O)C(=O)N1CCN(c2nc(OCC3CCC(COC)N3C)nc3cc(-c4nc(N)ccc4C(F)(F)F)c(Cl)cc23)CC1. The van der Waals surface area contributed by atoms with Crippen LogP contribution in [0.2, 0.25) is 5.02 Å². The first-order valence-corrected chi connectivity index (χ1v) is 14.8. The van der Waals surface area contributed by atoms with E-state index in [4.69, 9.17) is 31.8 Å². The van der Waals surface area contributed by atoms with Crippen LogP contribution in [0, 0.1) is 0 Å². The van der Waals surface area contributed by atoms with Gasteiger partial charge >= 0.3 is 12.2 Å². The van der Waals surface area contributed by atoms with Gasteiger partial charge in [0, 0.05) is 56.3 Å². The van der Waals surface area contributed by atoms with Crippen molar-refractivity contribution in [2.24, 2.45) is 0 Å². The van der Waals surface area contributed by atoms with E-state index >= 15 is 0 Å². The standard InChI is InChI=1S/C30H33ClF3N7O5/c1-17(46-16-42)28(43)41-10-8-40(9-11-41)27-21-12-23(31)20(26-22(30(32,33)34)6-7-25(35)37-26)13-24(21)36-29(38-27)45-15-19-5-4-18(14-44-3)39(19)2/h6-7,12-13,16,18-19H,1,4-5,8-11,14-15H2,2-3H3,(H2,35,37). The molecule has 0 aliphatic carbocycles. The fraction of sp³-hybridized carbons (Fsp3) is 0.433. The summed E-state index contributed by atoms with van der Waals surface area (Å²) >= 11 is 6.62. The average Bonchev–Trinajstić information content (AvgIpc) is 3.37. The molecule has 2 aromatic heterocycles. The van der Waals surface area contributed by atoms with Crippen LogP contribution in [0.5, 0.6) is 6.01 Å². The Morgan fingerprint density at radius 2 is 1.80 bits per heavy atom. The molecule has 0 radical (unpaired) electrons. The van der Waals surface area contributed by atoms with E-state index in [1.165, 1.54) is 17.0 Å². The number of nitrogen functional groups attached to an aromatic ring is 1. The van der Waals surface area contributed by atoms with Gasteiger partial charge in [-0.2, -0.15) is 23.1 Å². The molecule has 246 valence electrons. The lowest BCUT2D eigenvalue weighted by Crippen LogP contribution is -2.49. The Labute approximate surface area is 267 Å². The number of carbonyl (C=O) groups excluding carboxylic acids is 2. The van der Waals surface area contributed by atoms with Gasteiger partial charge in [-0.05, 0) is 44.2 Å². The topological polar surface area (TPSA) is 136 Å². The third-order valence-corrected chi connectivity index (χ3v) is 8.58. The smallest absolute Gasteiger partial charge is 0.418 e. The van der Waals surface area contributed by atoms with Crippen molar-refractivity contribution < 1.29 is 37.0 Å². The number of hydrogen-bond donors (Lipinski definition) is 1. The molecule has 0 bridgehead atoms. The van der Waals surface area contributed by atoms with Gasteiger partial charge in [0.25, 0.3) is 12.4 Å². The number of anilines is 2. The molecular formula is C30H33ClF3N7O5. The number of carbonyl (C=O) groups is 2. The van der Waals surface area contributed by atoms with Crippen LogP contribution in [-0.4, -0.2) is 103 Å². The minimum Gasteiger partial charge on any atom is -0.462 e. The molecule has 2 atom stereocenters. The van der Waals surface area contributed by atoms with Crippen molar-refractivity contribution in [2.45, 2.75) is 31.1 Å². The summed E-state index contributed by atoms with van der Waals surface area (Å²) in [6, 6.07) is 5.21. The van der Waals surface area contributed by atoms with E-state index in [0.29, 0.717) is 30.9 Å². The Kier molecular flexibility index (Phi) is 9.84. The predicted octanol–water partition coefficient (Wildman–Crippen LogP) is 3.77. The normalized spacial score (nSPS) is 19.0. The summed E-state index contributed by atoms with van der Waals surface area (Å²) in [5.74, 6) is -0.479. The summed E-state index contributed by atoms with van der Waals surface area (Å²) in [5, 5.41) is 0.452. The maximum atomic E-state index is 14.0. The predicted molar refractivity (Wildman–Crippen MR) is 164 cm³/mol. The highest BCUT2D eigenvalue weighted by atomic mass is 35.5. The van der Waals surface area contributed by atoms with Crippen LogP contribution in [-0.2, 0) is 25.2 Å². The summed E-state index contributed by atoms with van der Waals surface area (Å²) in [6.07, 6.45) is -2.90. The summed E-state index contributed by atoms with van der Waals surface area (Å²) in [4.78, 5) is 42.1. The molecule has 2 aliphatic rings. The number of pyridine rings is 1. The second-order valence-corrected chi connectivity index (χ2v) is 11.4. The fourth-order valence-electron chi connectivity index (χ4n) is 5.77. The van der Waals surface area contributed by atoms with Crippen molar-refractivity contribution in [1.82, 2.24) is 24.8 Å². The number of ether oxygens (including phenoxy) is 3. The second kappa shape index (κ2) is 13.6. The zero-order valence-electron chi connectivity index (χ0n) is 25.2. The number of likely N-dealkylation sites (N-methyl/N-ethyl adjacent to an activating group) is 1. The minimum atomic E-state index is -4.72. The molecule has 0 saturated carbocycles. The Morgan fingerprint density at radius 1 is 1.11 bits per heavy atom. The van der Waals surface area contributed by atoms with Gasteiger partial charge in [-0.3, -0.25) is 14.5 Å². The maximum Gasteiger partial charge on any atom is 0.418 e. The molecule has 2 N–H and O–H groups in total. The van der Waals surface area contributed by atoms with Crippen molar-refractivity contribution in [3.8, 4) is 17.3 Å². The molecule has 46 heavy (non-hydrogen) atoms. The molecule has 5 rings (SSSR count). The Hall–Kier alpha value is -4.21. The van der Waals surface area contributed by atoms with Gasteiger partial charge in [0.1, 0.15) is 18.2 Å². The van der Waals surface area contributed by atoms with Gasteiger partial charge in [-0.1, -0.05) is 18.2 Å². The Bertz CT molecular complexity index is 1630. The summed E-state index contributed by atoms with van der Waals surface area (Å²) in [5.41, 5.74) is 4.63. The van der Waals surface area contributed by atoms with Crippen LogP contribution in [0.25, 0.3) is 22.2 Å². The average molecular weight is 664 g/mol. The minimum absolute atomic E-state index is 0.00793. The molecule has 1 amide bonds. The molecule has 2 saturated heterocycles. The van der Waals surface area contributed by atoms with Crippen LogP contribution >= 0.6 is 11.6 Å². The lowest BCUT2D eigenvalue weighted by molar-refractivity contribution is -0.137. The molecule has 2 unspecified atom stereocenters. The number of nitrogens with zero attached hydrogens (tertiary/aromatic N) is 6. The van der Waals surface area contributed by atoms with Gasteiger partial charge in [-0.15, -0.1) is 0 Å². The number of rotatable bonds is 10. The van der Waals surface area contributed by atoms with Gasteiger partial charge in [0.2, 0.25) is 0 Å². The van der Waals surface area contributed by atoms with Crippen LogP contribution in [0.3, 0.4) is 0 Å². The number of halogens is 4. The summed E-state index contributed by atoms with van der Waals surface area (Å²) in [7, 11) is 3.66. The molecule has 1 aromatic carbocycles. The molecular weight excluding hydrogens is 631 g/mol. The van der Waals surface area contributed by atoms with Gasteiger partial charge in [-0.25, -0.2) is 4.98 Å². The summed E-state index contributed by atoms with van der Waals surface area (Å²) in [6.45, 7) is 5.65. The Morgan fingerprint density at radius 3 is 2.46 bits per heavy atom. The van der Waals surface area contributed by atoms with E-state index < -0.39 is 23.3 Å². The Balaban J connectivity index is 1.52. The highest BCUT2D eigenvalue weighted by molar-refractivity contribution is 6.34. The van der Waals surface area contributed by atoms with E-state index in [-0.39, 0.29) is 71.9 Å². The number of nitrogens with two attached hydrogens (primary N) is 1. The van der Waals surface area contributed by atoms with Crippen LogP contribution in [0.4, 0.5) is 24.8 Å². The van der Waals surface area contributed by atoms with Gasteiger partial charge < -0.3 is 29.7 Å². The lowest BCUT2D eigenvalue weighted by atomic mass is 10.0. The number of methoxy groups -OCH3 is 1. The number of alkyl halides is 3. The van der Waals surface area contributed by atoms with Gasteiger partial charge in [0.15, 0.2) is 5.76 Å². The van der Waals surface area contributed by atoms with Crippen molar-refractivity contribution in [2.75, 3.05) is 64.2 Å². The molecule has 4 heterocycles. The first-order valence-electron chi connectivity index (χ1n) is 14.4. The third kappa shape index (κ3) is 6.95. The number of aromatic nitrogens is 3. The molecule has 12 nitrogen and oxygen atoms in total. The number of hydrogen-bond acceptors (Lipinski definition) is 11. The summed E-state index contributed by atoms with van der Waals surface area (Å²) < 4.78 is 58.0. The molecule has 2 fully saturated rings. The van der Waals surface area contributed by atoms with Crippen molar-refractivity contribution >= 4 is 46.5 Å². The fourth-order valence-corrected chi connectivity index (χ4v) is 6.02. The van der Waals surface area contributed by atoms with Crippen LogP contribution in [0.15, 0.2) is 36.6 Å². The van der Waals surface area contributed by atoms with Crippen molar-refractivity contribution in [3.05, 3.63) is 47.2 Å². The van der Waals surface area contributed by atoms with E-state index in [9.17, 15) is 22.8 Å². The van der Waals surface area contributed by atoms with Crippen LogP contribution in [0.1, 0.15) is 18.4 Å². The van der Waals surface area contributed by atoms with Crippen molar-refractivity contribution in [3.63, 3.8) is 0 Å². The molecule has 2 aliphatic heterocycles.